The standard InChI is InChI=1S/C12H19N3/c1-10(2)13-12(14-15(3)4)11-8-6-5-7-9-11/h5-10H,1-4H3,(H,13,14). The zero-order valence-electron chi connectivity index (χ0n) is 9.86. The van der Waals surface area contributed by atoms with Crippen LogP contribution in [0.2, 0.25) is 0 Å². The fourth-order valence-corrected chi connectivity index (χ4v) is 1.23. The molecule has 1 rings (SSSR count). The molecule has 82 valence electrons. The van der Waals surface area contributed by atoms with Gasteiger partial charge in [0.1, 0.15) is 5.84 Å². The largest absolute Gasteiger partial charge is 0.303 e. The second kappa shape index (κ2) is 5.51. The van der Waals surface area contributed by atoms with Gasteiger partial charge < -0.3 is 5.43 Å². The smallest absolute Gasteiger partial charge is 0.143 e. The highest BCUT2D eigenvalue weighted by molar-refractivity contribution is 5.98. The molecule has 1 aromatic rings. The van der Waals surface area contributed by atoms with Gasteiger partial charge in [-0.05, 0) is 13.8 Å². The fourth-order valence-electron chi connectivity index (χ4n) is 1.23. The van der Waals surface area contributed by atoms with Gasteiger partial charge >= 0.3 is 0 Å². The van der Waals surface area contributed by atoms with Gasteiger partial charge in [0.25, 0.3) is 0 Å². The van der Waals surface area contributed by atoms with Crippen molar-refractivity contribution in [2.45, 2.75) is 19.9 Å². The second-order valence-corrected chi connectivity index (χ2v) is 3.94. The Morgan fingerprint density at radius 1 is 1.20 bits per heavy atom. The molecule has 0 aromatic heterocycles. The lowest BCUT2D eigenvalue weighted by Crippen LogP contribution is -2.37. The molecule has 0 unspecified atom stereocenters. The number of hydrazine groups is 1. The summed E-state index contributed by atoms with van der Waals surface area (Å²) in [5, 5.41) is 1.90. The van der Waals surface area contributed by atoms with Gasteiger partial charge in [-0.3, -0.25) is 4.99 Å². The van der Waals surface area contributed by atoms with Crippen LogP contribution in [0.1, 0.15) is 19.4 Å². The van der Waals surface area contributed by atoms with Crippen LogP contribution in [-0.4, -0.2) is 31.0 Å². The van der Waals surface area contributed by atoms with E-state index < -0.39 is 0 Å². The predicted octanol–water partition coefficient (Wildman–Crippen LogP) is 1.91. The summed E-state index contributed by atoms with van der Waals surface area (Å²) in [4.78, 5) is 4.55. The van der Waals surface area contributed by atoms with Crippen molar-refractivity contribution >= 4 is 5.84 Å². The molecule has 0 saturated carbocycles. The first kappa shape index (κ1) is 11.7. The molecular formula is C12H19N3. The molecule has 0 amide bonds. The van der Waals surface area contributed by atoms with Crippen molar-refractivity contribution in [3.8, 4) is 0 Å². The molecule has 0 spiro atoms. The number of hydrogen-bond acceptors (Lipinski definition) is 2. The SMILES string of the molecule is CC(C)N=C(NN(C)C)c1ccccc1. The molecule has 0 saturated heterocycles. The van der Waals surface area contributed by atoms with Gasteiger partial charge in [0.2, 0.25) is 0 Å². The molecule has 3 heteroatoms. The van der Waals surface area contributed by atoms with Crippen LogP contribution in [0.3, 0.4) is 0 Å². The molecule has 0 atom stereocenters. The first-order chi connectivity index (χ1) is 7.09. The second-order valence-electron chi connectivity index (χ2n) is 3.94. The van der Waals surface area contributed by atoms with Crippen molar-refractivity contribution in [1.29, 1.82) is 0 Å². The lowest BCUT2D eigenvalue weighted by molar-refractivity contribution is 0.361. The number of nitrogens with one attached hydrogen (secondary N) is 1. The van der Waals surface area contributed by atoms with E-state index in [1.54, 1.807) is 0 Å². The Hall–Kier alpha value is -1.35. The van der Waals surface area contributed by atoms with E-state index in [1.807, 2.05) is 37.3 Å². The van der Waals surface area contributed by atoms with Crippen LogP contribution in [0.4, 0.5) is 0 Å². The monoisotopic (exact) mass is 205 g/mol. The minimum Gasteiger partial charge on any atom is -0.303 e. The predicted molar refractivity (Wildman–Crippen MR) is 64.9 cm³/mol. The van der Waals surface area contributed by atoms with E-state index in [1.165, 1.54) is 0 Å². The number of nitrogens with zero attached hydrogens (tertiary/aromatic N) is 2. The van der Waals surface area contributed by atoms with E-state index in [0.29, 0.717) is 0 Å². The minimum absolute atomic E-state index is 0.285. The maximum absolute atomic E-state index is 4.55. The van der Waals surface area contributed by atoms with Gasteiger partial charge in [0.15, 0.2) is 0 Å². The van der Waals surface area contributed by atoms with E-state index in [-0.39, 0.29) is 6.04 Å². The molecule has 0 heterocycles. The van der Waals surface area contributed by atoms with Gasteiger partial charge in [-0.15, -0.1) is 0 Å². The van der Waals surface area contributed by atoms with Crippen molar-refractivity contribution in [3.05, 3.63) is 35.9 Å². The van der Waals surface area contributed by atoms with Crippen LogP contribution in [0.25, 0.3) is 0 Å². The first-order valence-electron chi connectivity index (χ1n) is 5.17. The molecule has 0 bridgehead atoms. The lowest BCUT2D eigenvalue weighted by Gasteiger charge is -2.16. The van der Waals surface area contributed by atoms with Crippen LogP contribution < -0.4 is 5.43 Å². The van der Waals surface area contributed by atoms with Gasteiger partial charge in [-0.25, -0.2) is 5.01 Å². The van der Waals surface area contributed by atoms with Crippen molar-refractivity contribution in [1.82, 2.24) is 10.4 Å². The summed E-state index contributed by atoms with van der Waals surface area (Å²) in [6.07, 6.45) is 0. The summed E-state index contributed by atoms with van der Waals surface area (Å²) in [6, 6.07) is 10.4. The van der Waals surface area contributed by atoms with Crippen LogP contribution in [-0.2, 0) is 0 Å². The first-order valence-corrected chi connectivity index (χ1v) is 5.17. The Kier molecular flexibility index (Phi) is 4.31. The summed E-state index contributed by atoms with van der Waals surface area (Å²) >= 11 is 0. The molecule has 0 aliphatic carbocycles. The number of amidine groups is 1. The quantitative estimate of drug-likeness (QED) is 0.464. The number of hydrogen-bond donors (Lipinski definition) is 1. The van der Waals surface area contributed by atoms with Crippen LogP contribution >= 0.6 is 0 Å². The molecule has 0 aliphatic rings. The van der Waals surface area contributed by atoms with Crippen LogP contribution in [0, 0.1) is 0 Å². The molecule has 3 nitrogen and oxygen atoms in total. The van der Waals surface area contributed by atoms with E-state index in [0.717, 1.165) is 11.4 Å². The van der Waals surface area contributed by atoms with Crippen molar-refractivity contribution in [2.24, 2.45) is 4.99 Å². The average Bonchev–Trinajstić information content (AvgIpc) is 2.17. The average molecular weight is 205 g/mol. The molecule has 0 radical (unpaired) electrons. The summed E-state index contributed by atoms with van der Waals surface area (Å²) in [5.41, 5.74) is 4.32. The van der Waals surface area contributed by atoms with Crippen molar-refractivity contribution in [3.63, 3.8) is 0 Å². The van der Waals surface area contributed by atoms with E-state index >= 15 is 0 Å². The Morgan fingerprint density at radius 2 is 1.80 bits per heavy atom. The lowest BCUT2D eigenvalue weighted by atomic mass is 10.2. The highest BCUT2D eigenvalue weighted by Gasteiger charge is 2.03. The zero-order valence-corrected chi connectivity index (χ0v) is 9.86. The summed E-state index contributed by atoms with van der Waals surface area (Å²) in [6.45, 7) is 4.14. The third-order valence-corrected chi connectivity index (χ3v) is 1.76. The zero-order chi connectivity index (χ0) is 11.3. The number of benzene rings is 1. The maximum Gasteiger partial charge on any atom is 0.143 e. The minimum atomic E-state index is 0.285. The highest BCUT2D eigenvalue weighted by atomic mass is 15.5. The Labute approximate surface area is 91.8 Å². The van der Waals surface area contributed by atoms with E-state index in [4.69, 9.17) is 0 Å². The number of aliphatic imine (C=N–C) groups is 1. The summed E-state index contributed by atoms with van der Waals surface area (Å²) < 4.78 is 0. The van der Waals surface area contributed by atoms with Gasteiger partial charge in [0, 0.05) is 25.7 Å². The summed E-state index contributed by atoms with van der Waals surface area (Å²) in [5.74, 6) is 0.913. The normalized spacial score (nSPS) is 12.3. The third kappa shape index (κ3) is 4.13. The maximum atomic E-state index is 4.55. The fraction of sp³-hybridized carbons (Fsp3) is 0.417. The van der Waals surface area contributed by atoms with Crippen molar-refractivity contribution < 1.29 is 0 Å². The van der Waals surface area contributed by atoms with Crippen LogP contribution in [0.5, 0.6) is 0 Å². The van der Waals surface area contributed by atoms with Crippen LogP contribution in [0.15, 0.2) is 35.3 Å². The van der Waals surface area contributed by atoms with E-state index in [9.17, 15) is 0 Å². The Morgan fingerprint density at radius 3 is 2.27 bits per heavy atom. The summed E-state index contributed by atoms with van der Waals surface area (Å²) in [7, 11) is 3.91. The van der Waals surface area contributed by atoms with Crippen molar-refractivity contribution in [2.75, 3.05) is 14.1 Å². The molecule has 0 fully saturated rings. The Balaban J connectivity index is 2.92. The van der Waals surface area contributed by atoms with E-state index in [2.05, 4.69) is 36.4 Å². The van der Waals surface area contributed by atoms with Gasteiger partial charge in [0.05, 0.1) is 0 Å². The third-order valence-electron chi connectivity index (χ3n) is 1.76. The molecule has 1 N–H and O–H groups in total. The van der Waals surface area contributed by atoms with Gasteiger partial charge in [-0.1, -0.05) is 30.3 Å². The molecule has 1 aromatic carbocycles. The molecular weight excluding hydrogens is 186 g/mol. The topological polar surface area (TPSA) is 27.6 Å². The molecule has 15 heavy (non-hydrogen) atoms. The molecule has 0 aliphatic heterocycles. The van der Waals surface area contributed by atoms with Gasteiger partial charge in [-0.2, -0.15) is 0 Å². The Bertz CT molecular complexity index is 315. The number of rotatable bonds is 3. The highest BCUT2D eigenvalue weighted by Crippen LogP contribution is 2.01.